The van der Waals surface area contributed by atoms with E-state index in [9.17, 15) is 9.59 Å². The number of benzene rings is 2. The SMILES string of the molecule is CN1CCN(C(=O)Cc2ccccc2)C[C@H](Cc2ccccc2-c2cccs2)C1=O. The Morgan fingerprint density at radius 3 is 2.53 bits per heavy atom. The van der Waals surface area contributed by atoms with Crippen molar-refractivity contribution in [2.24, 2.45) is 5.92 Å². The monoisotopic (exact) mass is 418 g/mol. The number of hydrogen-bond donors (Lipinski definition) is 0. The van der Waals surface area contributed by atoms with Gasteiger partial charge in [-0.15, -0.1) is 11.3 Å². The third kappa shape index (κ3) is 4.62. The number of thiophene rings is 1. The van der Waals surface area contributed by atoms with Crippen molar-refractivity contribution < 1.29 is 9.59 Å². The van der Waals surface area contributed by atoms with Gasteiger partial charge in [0.1, 0.15) is 0 Å². The molecule has 0 unspecified atom stereocenters. The van der Waals surface area contributed by atoms with Crippen LogP contribution in [0.4, 0.5) is 0 Å². The van der Waals surface area contributed by atoms with E-state index in [2.05, 4.69) is 23.6 Å². The molecule has 3 aromatic rings. The highest BCUT2D eigenvalue weighted by atomic mass is 32.1. The second kappa shape index (κ2) is 9.26. The number of hydrogen-bond acceptors (Lipinski definition) is 3. The number of nitrogens with zero attached hydrogens (tertiary/aromatic N) is 2. The molecule has 1 aliphatic heterocycles. The summed E-state index contributed by atoms with van der Waals surface area (Å²) in [7, 11) is 1.84. The van der Waals surface area contributed by atoms with Crippen LogP contribution < -0.4 is 0 Å². The van der Waals surface area contributed by atoms with Gasteiger partial charge in [-0.05, 0) is 34.6 Å². The Kier molecular flexibility index (Phi) is 6.29. The summed E-state index contributed by atoms with van der Waals surface area (Å²) in [5.74, 6) is -0.0369. The minimum atomic E-state index is -0.238. The van der Waals surface area contributed by atoms with Gasteiger partial charge < -0.3 is 9.80 Å². The molecule has 30 heavy (non-hydrogen) atoms. The Labute approximate surface area is 181 Å². The van der Waals surface area contributed by atoms with Crippen molar-refractivity contribution in [2.75, 3.05) is 26.7 Å². The first-order valence-corrected chi connectivity index (χ1v) is 11.2. The standard InChI is InChI=1S/C25H26N2O2S/c1-26-13-14-27(24(28)16-19-8-3-2-4-9-19)18-21(25(26)29)17-20-10-5-6-11-22(20)23-12-7-15-30-23/h2-12,15,21H,13-14,16-18H2,1H3/t21-/m0/s1. The summed E-state index contributed by atoms with van der Waals surface area (Å²) in [4.78, 5) is 30.9. The maximum atomic E-state index is 13.1. The lowest BCUT2D eigenvalue weighted by Gasteiger charge is -2.24. The van der Waals surface area contributed by atoms with Gasteiger partial charge in [0.05, 0.1) is 12.3 Å². The van der Waals surface area contributed by atoms with E-state index >= 15 is 0 Å². The molecule has 0 aliphatic carbocycles. The molecular weight excluding hydrogens is 392 g/mol. The molecule has 154 valence electrons. The van der Waals surface area contributed by atoms with E-state index in [1.807, 2.05) is 60.5 Å². The van der Waals surface area contributed by atoms with Crippen molar-refractivity contribution in [3.8, 4) is 10.4 Å². The molecule has 2 amide bonds. The number of carbonyl (C=O) groups is 2. The molecule has 1 fully saturated rings. The van der Waals surface area contributed by atoms with Gasteiger partial charge in [-0.25, -0.2) is 0 Å². The lowest BCUT2D eigenvalue weighted by Crippen LogP contribution is -2.38. The molecule has 2 aromatic carbocycles. The fourth-order valence-corrected chi connectivity index (χ4v) is 4.81. The molecule has 0 spiro atoms. The second-order valence-electron chi connectivity index (χ2n) is 7.80. The van der Waals surface area contributed by atoms with E-state index < -0.39 is 0 Å². The van der Waals surface area contributed by atoms with Gasteiger partial charge in [-0.2, -0.15) is 0 Å². The highest BCUT2D eigenvalue weighted by Gasteiger charge is 2.31. The van der Waals surface area contributed by atoms with Gasteiger partial charge in [0.15, 0.2) is 0 Å². The fourth-order valence-electron chi connectivity index (χ4n) is 4.02. The first-order valence-electron chi connectivity index (χ1n) is 10.3. The van der Waals surface area contributed by atoms with Crippen molar-refractivity contribution in [3.63, 3.8) is 0 Å². The molecule has 1 aromatic heterocycles. The average molecular weight is 419 g/mol. The predicted octanol–water partition coefficient (Wildman–Crippen LogP) is 4.12. The Bertz CT molecular complexity index is 1000. The van der Waals surface area contributed by atoms with E-state index in [0.29, 0.717) is 32.5 Å². The molecule has 1 saturated heterocycles. The van der Waals surface area contributed by atoms with Crippen LogP contribution in [0.2, 0.25) is 0 Å². The highest BCUT2D eigenvalue weighted by Crippen LogP contribution is 2.30. The van der Waals surface area contributed by atoms with Crippen molar-refractivity contribution in [2.45, 2.75) is 12.8 Å². The Morgan fingerprint density at radius 2 is 1.77 bits per heavy atom. The zero-order valence-corrected chi connectivity index (χ0v) is 18.0. The summed E-state index contributed by atoms with van der Waals surface area (Å²) in [6, 6.07) is 22.2. The zero-order chi connectivity index (χ0) is 20.9. The third-order valence-corrected chi connectivity index (χ3v) is 6.60. The minimum absolute atomic E-state index is 0.0841. The predicted molar refractivity (Wildman–Crippen MR) is 121 cm³/mol. The van der Waals surface area contributed by atoms with Gasteiger partial charge in [-0.1, -0.05) is 60.7 Å². The summed E-state index contributed by atoms with van der Waals surface area (Å²) in [5, 5.41) is 2.07. The molecule has 5 heteroatoms. The van der Waals surface area contributed by atoms with E-state index in [0.717, 1.165) is 11.1 Å². The number of amides is 2. The number of likely N-dealkylation sites (N-methyl/N-ethyl adjacent to an activating group) is 1. The van der Waals surface area contributed by atoms with Crippen LogP contribution in [0.5, 0.6) is 0 Å². The van der Waals surface area contributed by atoms with Crippen LogP contribution >= 0.6 is 11.3 Å². The molecule has 0 saturated carbocycles. The molecule has 1 atom stereocenters. The fraction of sp³-hybridized carbons (Fsp3) is 0.280. The van der Waals surface area contributed by atoms with Crippen LogP contribution in [0, 0.1) is 5.92 Å². The second-order valence-corrected chi connectivity index (χ2v) is 8.75. The van der Waals surface area contributed by atoms with Crippen LogP contribution in [0.3, 0.4) is 0 Å². The van der Waals surface area contributed by atoms with Gasteiger partial charge in [-0.3, -0.25) is 9.59 Å². The zero-order valence-electron chi connectivity index (χ0n) is 17.2. The normalized spacial score (nSPS) is 17.1. The molecule has 2 heterocycles. The van der Waals surface area contributed by atoms with E-state index in [-0.39, 0.29) is 17.7 Å². The Morgan fingerprint density at radius 1 is 1.00 bits per heavy atom. The largest absolute Gasteiger partial charge is 0.344 e. The molecule has 4 nitrogen and oxygen atoms in total. The van der Waals surface area contributed by atoms with Gasteiger partial charge >= 0.3 is 0 Å². The van der Waals surface area contributed by atoms with E-state index in [1.165, 1.54) is 10.4 Å². The maximum absolute atomic E-state index is 13.1. The molecule has 4 rings (SSSR count). The molecule has 0 bridgehead atoms. The molecule has 0 radical (unpaired) electrons. The van der Waals surface area contributed by atoms with Crippen LogP contribution in [0.1, 0.15) is 11.1 Å². The molecular formula is C25H26N2O2S. The summed E-state index contributed by atoms with van der Waals surface area (Å²) in [6.45, 7) is 1.62. The van der Waals surface area contributed by atoms with Crippen molar-refractivity contribution in [1.82, 2.24) is 9.80 Å². The van der Waals surface area contributed by atoms with Crippen LogP contribution in [-0.4, -0.2) is 48.3 Å². The van der Waals surface area contributed by atoms with Crippen molar-refractivity contribution >= 4 is 23.2 Å². The maximum Gasteiger partial charge on any atom is 0.227 e. The quantitative estimate of drug-likeness (QED) is 0.625. The lowest BCUT2D eigenvalue weighted by atomic mass is 9.93. The van der Waals surface area contributed by atoms with Crippen molar-refractivity contribution in [3.05, 3.63) is 83.2 Å². The minimum Gasteiger partial charge on any atom is -0.344 e. The third-order valence-electron chi connectivity index (χ3n) is 5.69. The van der Waals surface area contributed by atoms with E-state index in [4.69, 9.17) is 0 Å². The Balaban J connectivity index is 1.54. The molecule has 0 N–H and O–H groups in total. The van der Waals surface area contributed by atoms with Crippen LogP contribution in [-0.2, 0) is 22.4 Å². The first-order chi connectivity index (χ1) is 14.6. The van der Waals surface area contributed by atoms with Gasteiger partial charge in [0.2, 0.25) is 11.8 Å². The summed E-state index contributed by atoms with van der Waals surface area (Å²) in [5.41, 5.74) is 3.34. The highest BCUT2D eigenvalue weighted by molar-refractivity contribution is 7.13. The average Bonchev–Trinajstić information content (AvgIpc) is 3.26. The van der Waals surface area contributed by atoms with Gasteiger partial charge in [0, 0.05) is 31.6 Å². The van der Waals surface area contributed by atoms with Crippen LogP contribution in [0.15, 0.2) is 72.1 Å². The van der Waals surface area contributed by atoms with Crippen LogP contribution in [0.25, 0.3) is 10.4 Å². The summed E-state index contributed by atoms with van der Waals surface area (Å²) < 4.78 is 0. The smallest absolute Gasteiger partial charge is 0.227 e. The first kappa shape index (κ1) is 20.4. The van der Waals surface area contributed by atoms with E-state index in [1.54, 1.807) is 16.2 Å². The molecule has 1 aliphatic rings. The number of carbonyl (C=O) groups excluding carboxylic acids is 2. The lowest BCUT2D eigenvalue weighted by molar-refractivity contribution is -0.133. The number of rotatable bonds is 5. The van der Waals surface area contributed by atoms with Crippen molar-refractivity contribution in [1.29, 1.82) is 0 Å². The van der Waals surface area contributed by atoms with Gasteiger partial charge in [0.25, 0.3) is 0 Å². The summed E-state index contributed by atoms with van der Waals surface area (Å²) >= 11 is 1.70. The Hall–Kier alpha value is -2.92. The summed E-state index contributed by atoms with van der Waals surface area (Å²) in [6.07, 6.45) is 1.00. The topological polar surface area (TPSA) is 40.6 Å².